The van der Waals surface area contributed by atoms with Gasteiger partial charge in [0.05, 0.1) is 24.3 Å². The number of hydrogen-bond acceptors (Lipinski definition) is 10. The first-order chi connectivity index (χ1) is 27.1. The molecule has 4 rings (SSSR count). The van der Waals surface area contributed by atoms with Crippen LogP contribution in [0.4, 0.5) is 0 Å². The molecule has 58 heavy (non-hydrogen) atoms. The lowest BCUT2D eigenvalue weighted by molar-refractivity contribution is -0.166. The Kier molecular flexibility index (Phi) is 16.0. The van der Waals surface area contributed by atoms with Gasteiger partial charge in [-0.3, -0.25) is 24.2 Å². The number of cyclic esters (lactones) is 1. The van der Waals surface area contributed by atoms with Gasteiger partial charge in [0.25, 0.3) is 0 Å². The third kappa shape index (κ3) is 11.4. The maximum atomic E-state index is 14.4. The van der Waals surface area contributed by atoms with E-state index in [0.717, 1.165) is 10.6 Å². The van der Waals surface area contributed by atoms with E-state index in [1.54, 1.807) is 62.9 Å². The van der Waals surface area contributed by atoms with Crippen LogP contribution in [-0.4, -0.2) is 130 Å². The second kappa shape index (κ2) is 19.9. The Bertz CT molecular complexity index is 1710. The summed E-state index contributed by atoms with van der Waals surface area (Å²) < 4.78 is 11.6. The van der Waals surface area contributed by atoms with Gasteiger partial charge in [0.1, 0.15) is 36.0 Å². The van der Waals surface area contributed by atoms with Gasteiger partial charge in [0, 0.05) is 44.3 Å². The van der Waals surface area contributed by atoms with Gasteiger partial charge in [-0.1, -0.05) is 66.7 Å². The molecular formula is C44H67N5O8S. The van der Waals surface area contributed by atoms with Crippen molar-refractivity contribution in [3.05, 3.63) is 41.5 Å². The molecule has 2 bridgehead atoms. The smallest absolute Gasteiger partial charge is 0.329 e. The zero-order chi connectivity index (χ0) is 43.2. The number of likely N-dealkylation sites (N-methyl/N-ethyl adjacent to an activating group) is 2. The molecule has 0 saturated carbocycles. The predicted octanol–water partition coefficient (Wildman–Crippen LogP) is 4.89. The number of thioether (sulfide) groups is 1. The first-order valence-corrected chi connectivity index (χ1v) is 21.7. The Morgan fingerprint density at radius 3 is 2.24 bits per heavy atom. The van der Waals surface area contributed by atoms with Gasteiger partial charge >= 0.3 is 5.97 Å². The lowest BCUT2D eigenvalue weighted by Crippen LogP contribution is -2.59. The minimum atomic E-state index is -1.03. The number of aliphatic hydroxyl groups is 1. The maximum Gasteiger partial charge on any atom is 0.329 e. The normalized spacial score (nSPS) is 31.5. The summed E-state index contributed by atoms with van der Waals surface area (Å²) in [7, 11) is 4.64. The lowest BCUT2D eigenvalue weighted by Gasteiger charge is -2.38. The Morgan fingerprint density at radius 1 is 0.983 bits per heavy atom. The van der Waals surface area contributed by atoms with Crippen molar-refractivity contribution in [3.63, 3.8) is 0 Å². The van der Waals surface area contributed by atoms with Gasteiger partial charge in [-0.05, 0) is 74.5 Å². The molecule has 1 aromatic rings. The highest BCUT2D eigenvalue weighted by Crippen LogP contribution is 2.34. The molecule has 0 spiro atoms. The van der Waals surface area contributed by atoms with Crippen LogP contribution in [0.15, 0.2) is 40.9 Å². The van der Waals surface area contributed by atoms with Gasteiger partial charge in [-0.15, -0.1) is 11.8 Å². The van der Waals surface area contributed by atoms with Crippen molar-refractivity contribution in [1.82, 2.24) is 20.0 Å². The molecule has 2 N–H and O–H groups in total. The number of hydrogen-bond donors (Lipinski definition) is 2. The molecule has 1 saturated heterocycles. The number of methoxy groups -OCH3 is 1. The van der Waals surface area contributed by atoms with Crippen LogP contribution in [-0.2, 0) is 35.1 Å². The Balaban J connectivity index is 1.72. The molecule has 14 heteroatoms. The van der Waals surface area contributed by atoms with Crippen LogP contribution in [0.25, 0.3) is 0 Å². The fraction of sp³-hybridized carbons (Fsp3) is 0.682. The molecule has 3 aliphatic rings. The molecule has 0 aromatic heterocycles. The molecule has 0 unspecified atom stereocenters. The summed E-state index contributed by atoms with van der Waals surface area (Å²) >= 11 is 1.56. The SMILES string of the molecule is COc1ccc(C[C@@H]2NC(=O)/C(C)=C/[C@H]3CSC(=N3)[C@H](C)[C@@H](O)C[C@H](C)C[C@@H](C(C)(C)C)OC(=O)[C@@H]3CCCN3C(=O)[C@H](C(C)C)N(C)C(=O)[C@H](C)N(C)C2=O)cc1. The summed E-state index contributed by atoms with van der Waals surface area (Å²) in [5.41, 5.74) is 0.756. The number of rotatable bonds is 4. The van der Waals surface area contributed by atoms with Crippen LogP contribution in [0.1, 0.15) is 93.6 Å². The summed E-state index contributed by atoms with van der Waals surface area (Å²) in [6, 6.07) is 3.16. The molecule has 322 valence electrons. The number of aliphatic imine (C=N–C) groups is 1. The van der Waals surface area contributed by atoms with E-state index in [-0.39, 0.29) is 36.1 Å². The van der Waals surface area contributed by atoms with Gasteiger partial charge in [-0.2, -0.15) is 0 Å². The number of ether oxygens (including phenoxy) is 2. The number of nitrogens with one attached hydrogen (secondary N) is 1. The highest BCUT2D eigenvalue weighted by Gasteiger charge is 2.44. The Morgan fingerprint density at radius 2 is 1.64 bits per heavy atom. The van der Waals surface area contributed by atoms with Crippen LogP contribution < -0.4 is 10.1 Å². The van der Waals surface area contributed by atoms with Gasteiger partial charge in [0.15, 0.2) is 0 Å². The molecule has 4 amide bonds. The minimum Gasteiger partial charge on any atom is -0.497 e. The predicted molar refractivity (Wildman–Crippen MR) is 227 cm³/mol. The first-order valence-electron chi connectivity index (χ1n) is 20.7. The molecule has 1 fully saturated rings. The van der Waals surface area contributed by atoms with E-state index in [1.807, 2.05) is 60.6 Å². The van der Waals surface area contributed by atoms with Crippen molar-refractivity contribution >= 4 is 46.4 Å². The summed E-state index contributed by atoms with van der Waals surface area (Å²) in [4.78, 5) is 79.9. The van der Waals surface area contributed by atoms with Crippen LogP contribution in [0, 0.1) is 23.2 Å². The molecule has 0 aliphatic carbocycles. The largest absolute Gasteiger partial charge is 0.497 e. The van der Waals surface area contributed by atoms with E-state index in [9.17, 15) is 29.1 Å². The molecule has 13 nitrogen and oxygen atoms in total. The number of fused-ring (bicyclic) bond motifs is 2. The zero-order valence-corrected chi connectivity index (χ0v) is 37.4. The highest BCUT2D eigenvalue weighted by atomic mass is 32.2. The molecular weight excluding hydrogens is 759 g/mol. The summed E-state index contributed by atoms with van der Waals surface area (Å²) in [6.45, 7) is 17.4. The average molecular weight is 826 g/mol. The summed E-state index contributed by atoms with van der Waals surface area (Å²) in [5, 5.41) is 15.1. The van der Waals surface area contributed by atoms with Crippen molar-refractivity contribution in [2.75, 3.05) is 33.5 Å². The Labute approximate surface area is 349 Å². The van der Waals surface area contributed by atoms with E-state index in [0.29, 0.717) is 49.3 Å². The second-order valence-corrected chi connectivity index (χ2v) is 19.0. The van der Waals surface area contributed by atoms with E-state index in [2.05, 4.69) is 5.32 Å². The van der Waals surface area contributed by atoms with Crippen LogP contribution in [0.3, 0.4) is 0 Å². The topological polar surface area (TPSA) is 158 Å². The number of nitrogens with zero attached hydrogens (tertiary/aromatic N) is 4. The summed E-state index contributed by atoms with van der Waals surface area (Å²) in [5.74, 6) is -1.50. The quantitative estimate of drug-likeness (QED) is 0.404. The molecule has 3 heterocycles. The van der Waals surface area contributed by atoms with Gasteiger partial charge in [0.2, 0.25) is 23.6 Å². The zero-order valence-electron chi connectivity index (χ0n) is 36.6. The van der Waals surface area contributed by atoms with Gasteiger partial charge < -0.3 is 34.6 Å². The highest BCUT2D eigenvalue weighted by molar-refractivity contribution is 8.14. The lowest BCUT2D eigenvalue weighted by atomic mass is 9.81. The maximum absolute atomic E-state index is 14.4. The van der Waals surface area contributed by atoms with Crippen molar-refractivity contribution < 1.29 is 38.6 Å². The van der Waals surface area contributed by atoms with E-state index in [4.69, 9.17) is 14.5 Å². The first kappa shape index (κ1) is 46.8. The minimum absolute atomic E-state index is 0.00224. The van der Waals surface area contributed by atoms with E-state index >= 15 is 0 Å². The van der Waals surface area contributed by atoms with E-state index < -0.39 is 65.5 Å². The van der Waals surface area contributed by atoms with Crippen LogP contribution in [0.5, 0.6) is 5.75 Å². The van der Waals surface area contributed by atoms with Crippen molar-refractivity contribution in [1.29, 1.82) is 0 Å². The summed E-state index contributed by atoms with van der Waals surface area (Å²) in [6.07, 6.45) is 2.81. The number of amides is 4. The number of carbonyl (C=O) groups excluding carboxylic acids is 5. The number of aliphatic hydroxyl groups excluding tert-OH is 1. The number of carbonyl (C=O) groups is 5. The molecule has 0 radical (unpaired) electrons. The van der Waals surface area contributed by atoms with Crippen molar-refractivity contribution in [3.8, 4) is 5.75 Å². The van der Waals surface area contributed by atoms with Gasteiger partial charge in [-0.25, -0.2) is 4.79 Å². The molecule has 9 atom stereocenters. The fourth-order valence-electron chi connectivity index (χ4n) is 7.99. The third-order valence-corrected chi connectivity index (χ3v) is 13.2. The van der Waals surface area contributed by atoms with Crippen molar-refractivity contribution in [2.45, 2.75) is 137 Å². The standard InChI is InChI=1S/C44H67N5O8S/c1-25(2)37-42(54)49-19-13-14-34(49)43(55)57-36(44(7,8)9)21-26(3)20-35(50)28(5)39-45-31(24-58-39)22-27(4)38(51)46-33(23-30-15-17-32(56-12)18-16-30)41(53)47(10)29(6)40(52)48(37)11/h15-18,22,25-26,28-29,31,33-37,50H,13-14,19-21,23-24H2,1-12H3,(H,46,51)/b27-22+/t26-,28+,29-,31-,33-,34-,35-,36-,37-/m0/s1. The second-order valence-electron chi connectivity index (χ2n) is 18.0. The molecule has 1 aromatic carbocycles. The van der Waals surface area contributed by atoms with Crippen LogP contribution >= 0.6 is 11.8 Å². The number of esters is 1. The van der Waals surface area contributed by atoms with E-state index in [1.165, 1.54) is 16.8 Å². The third-order valence-electron chi connectivity index (χ3n) is 11.9. The monoisotopic (exact) mass is 825 g/mol. The van der Waals surface area contributed by atoms with Crippen LogP contribution in [0.2, 0.25) is 0 Å². The number of benzene rings is 1. The molecule has 3 aliphatic heterocycles. The van der Waals surface area contributed by atoms with Crippen molar-refractivity contribution in [2.24, 2.45) is 28.2 Å². The average Bonchev–Trinajstić information content (AvgIpc) is 3.86. The fourth-order valence-corrected chi connectivity index (χ4v) is 9.14. The Hall–Kier alpha value is -3.91.